The second-order valence-electron chi connectivity index (χ2n) is 6.91. The number of ketones is 1. The van der Waals surface area contributed by atoms with Crippen LogP contribution in [0.3, 0.4) is 0 Å². The van der Waals surface area contributed by atoms with E-state index in [1.165, 1.54) is 56.1 Å². The van der Waals surface area contributed by atoms with Gasteiger partial charge in [0.25, 0.3) is 0 Å². The Morgan fingerprint density at radius 2 is 1.80 bits per heavy atom. The third-order valence-corrected chi connectivity index (χ3v) is 4.36. The van der Waals surface area contributed by atoms with Gasteiger partial charge in [0.15, 0.2) is 5.76 Å². The summed E-state index contributed by atoms with van der Waals surface area (Å²) in [6.45, 7) is 7.31. The van der Waals surface area contributed by atoms with Gasteiger partial charge in [0.1, 0.15) is 0 Å². The van der Waals surface area contributed by atoms with Crippen LogP contribution in [0.5, 0.6) is 0 Å². The fourth-order valence-corrected chi connectivity index (χ4v) is 2.96. The topological polar surface area (TPSA) is 49.8 Å². The molecule has 1 aliphatic carbocycles. The molecule has 25 heavy (non-hydrogen) atoms. The minimum Gasteiger partial charge on any atom is -0.490 e. The van der Waals surface area contributed by atoms with Gasteiger partial charge in [-0.25, -0.2) is 0 Å². The van der Waals surface area contributed by atoms with Crippen LogP contribution in [0.25, 0.3) is 0 Å². The normalized spacial score (nSPS) is 16.9. The van der Waals surface area contributed by atoms with Crippen molar-refractivity contribution < 1.29 is 14.7 Å². The second kappa shape index (κ2) is 12.8. The Labute approximate surface area is 153 Å². The van der Waals surface area contributed by atoms with E-state index in [0.717, 1.165) is 12.0 Å². The van der Waals surface area contributed by atoms with Crippen LogP contribution in [0.15, 0.2) is 35.8 Å². The molecule has 0 radical (unpaired) electrons. The summed E-state index contributed by atoms with van der Waals surface area (Å²) in [7, 11) is 0. The Morgan fingerprint density at radius 3 is 2.48 bits per heavy atom. The van der Waals surface area contributed by atoms with Crippen LogP contribution in [0.2, 0.25) is 0 Å². The van der Waals surface area contributed by atoms with Crippen molar-refractivity contribution in [2.24, 2.45) is 5.92 Å². The van der Waals surface area contributed by atoms with Gasteiger partial charge in [0.2, 0.25) is 5.78 Å². The molecule has 1 atom stereocenters. The molecule has 0 heterocycles. The summed E-state index contributed by atoms with van der Waals surface area (Å²) in [5.74, 6) is 0.638. The predicted octanol–water partition coefficient (Wildman–Crippen LogP) is 5.40. The number of ether oxygens (including phenoxy) is 1. The molecular formula is C21H35NO3. The van der Waals surface area contributed by atoms with Crippen molar-refractivity contribution in [3.8, 4) is 0 Å². The molecule has 0 spiro atoms. The van der Waals surface area contributed by atoms with E-state index >= 15 is 0 Å². The van der Waals surface area contributed by atoms with E-state index in [-0.39, 0.29) is 5.78 Å². The minimum atomic E-state index is -0.129. The van der Waals surface area contributed by atoms with E-state index in [0.29, 0.717) is 24.8 Å². The molecule has 1 N–H and O–H groups in total. The molecule has 0 amide bonds. The smallest absolute Gasteiger partial charge is 0.220 e. The molecule has 4 heteroatoms. The van der Waals surface area contributed by atoms with Crippen LogP contribution in [0, 0.1) is 5.92 Å². The van der Waals surface area contributed by atoms with Gasteiger partial charge in [-0.1, -0.05) is 58.8 Å². The lowest BCUT2D eigenvalue weighted by Gasteiger charge is -2.19. The number of hydrogen-bond donors (Lipinski definition) is 1. The third-order valence-electron chi connectivity index (χ3n) is 4.36. The maximum Gasteiger partial charge on any atom is 0.220 e. The van der Waals surface area contributed by atoms with Gasteiger partial charge in [-0.3, -0.25) is 15.1 Å². The highest BCUT2D eigenvalue weighted by molar-refractivity contribution is 6.04. The number of nitrogens with zero attached hydrogens (tertiary/aromatic N) is 1. The van der Waals surface area contributed by atoms with Gasteiger partial charge in [0, 0.05) is 12.7 Å². The lowest BCUT2D eigenvalue weighted by atomic mass is 10.0. The third kappa shape index (κ3) is 9.49. The zero-order chi connectivity index (χ0) is 18.5. The molecule has 4 nitrogen and oxygen atoms in total. The monoisotopic (exact) mass is 349 g/mol. The van der Waals surface area contributed by atoms with Crippen LogP contribution >= 0.6 is 0 Å². The maximum atomic E-state index is 11.6. The molecule has 0 aromatic rings. The molecular weight excluding hydrogens is 314 g/mol. The van der Waals surface area contributed by atoms with Crippen LogP contribution in [0.4, 0.5) is 0 Å². The zero-order valence-corrected chi connectivity index (χ0v) is 16.2. The standard InChI is InChI=1S/C21H35NO3/c1-4-6-7-8-9-10-11-12-18(3)16-22(24)17-19-13-14-20(23)21(15-19)25-5-2/h13-15,17-18,24H,4-12,16H2,1-3H3. The number of hydrogen-bond acceptors (Lipinski definition) is 4. The van der Waals surface area contributed by atoms with Crippen molar-refractivity contribution in [3.63, 3.8) is 0 Å². The second-order valence-corrected chi connectivity index (χ2v) is 6.91. The van der Waals surface area contributed by atoms with E-state index in [1.807, 2.05) is 6.92 Å². The summed E-state index contributed by atoms with van der Waals surface area (Å²) in [5, 5.41) is 11.3. The van der Waals surface area contributed by atoms with E-state index in [9.17, 15) is 10.0 Å². The lowest BCUT2D eigenvalue weighted by molar-refractivity contribution is -0.114. The predicted molar refractivity (Wildman–Crippen MR) is 102 cm³/mol. The quantitative estimate of drug-likeness (QED) is 0.357. The van der Waals surface area contributed by atoms with Crippen LogP contribution in [0.1, 0.15) is 72.1 Å². The summed E-state index contributed by atoms with van der Waals surface area (Å²) in [6.07, 6.45) is 16.8. The highest BCUT2D eigenvalue weighted by Crippen LogP contribution is 2.17. The summed E-state index contributed by atoms with van der Waals surface area (Å²) < 4.78 is 5.31. The van der Waals surface area contributed by atoms with Gasteiger partial charge in [-0.05, 0) is 43.1 Å². The van der Waals surface area contributed by atoms with Crippen molar-refractivity contribution >= 4 is 5.78 Å². The zero-order valence-electron chi connectivity index (χ0n) is 16.2. The van der Waals surface area contributed by atoms with Gasteiger partial charge in [0.05, 0.1) is 6.61 Å². The average molecular weight is 350 g/mol. The molecule has 1 aliphatic rings. The summed E-state index contributed by atoms with van der Waals surface area (Å²) in [4.78, 5) is 11.6. The number of allylic oxidation sites excluding steroid dienone is 4. The Morgan fingerprint density at radius 1 is 1.12 bits per heavy atom. The van der Waals surface area contributed by atoms with Crippen molar-refractivity contribution in [1.29, 1.82) is 0 Å². The van der Waals surface area contributed by atoms with Crippen LogP contribution in [-0.4, -0.2) is 29.2 Å². The molecule has 0 aromatic heterocycles. The summed E-state index contributed by atoms with van der Waals surface area (Å²) in [6, 6.07) is 0. The molecule has 0 saturated heterocycles. The lowest BCUT2D eigenvalue weighted by Crippen LogP contribution is -2.20. The van der Waals surface area contributed by atoms with E-state index < -0.39 is 0 Å². The van der Waals surface area contributed by atoms with Gasteiger partial charge >= 0.3 is 0 Å². The van der Waals surface area contributed by atoms with Gasteiger partial charge in [-0.15, -0.1) is 0 Å². The largest absolute Gasteiger partial charge is 0.490 e. The molecule has 0 aliphatic heterocycles. The summed E-state index contributed by atoms with van der Waals surface area (Å²) >= 11 is 0. The number of carbonyl (C=O) groups excluding carboxylic acids is 1. The Hall–Kier alpha value is -1.55. The van der Waals surface area contributed by atoms with Crippen molar-refractivity contribution in [1.82, 2.24) is 5.06 Å². The van der Waals surface area contributed by atoms with Crippen molar-refractivity contribution in [2.75, 3.05) is 13.2 Å². The van der Waals surface area contributed by atoms with Crippen molar-refractivity contribution in [2.45, 2.75) is 72.1 Å². The number of hydroxylamine groups is 2. The first-order chi connectivity index (χ1) is 12.1. The number of unbranched alkanes of at least 4 members (excludes halogenated alkanes) is 6. The minimum absolute atomic E-state index is 0.129. The molecule has 1 rings (SSSR count). The molecule has 0 bridgehead atoms. The van der Waals surface area contributed by atoms with Crippen LogP contribution < -0.4 is 0 Å². The first-order valence-electron chi connectivity index (χ1n) is 9.81. The van der Waals surface area contributed by atoms with Gasteiger partial charge in [-0.2, -0.15) is 0 Å². The molecule has 142 valence electrons. The van der Waals surface area contributed by atoms with Crippen LogP contribution in [-0.2, 0) is 9.53 Å². The molecule has 0 saturated carbocycles. The molecule has 0 fully saturated rings. The van der Waals surface area contributed by atoms with E-state index in [4.69, 9.17) is 4.74 Å². The average Bonchev–Trinajstić information content (AvgIpc) is 2.57. The molecule has 1 unspecified atom stereocenters. The highest BCUT2D eigenvalue weighted by Gasteiger charge is 2.13. The summed E-state index contributed by atoms with van der Waals surface area (Å²) in [5.41, 5.74) is 0.772. The fourth-order valence-electron chi connectivity index (χ4n) is 2.96. The van der Waals surface area contributed by atoms with E-state index in [2.05, 4.69) is 13.8 Å². The Balaban J connectivity index is 2.29. The first-order valence-corrected chi connectivity index (χ1v) is 9.81. The van der Waals surface area contributed by atoms with Crippen molar-refractivity contribution in [3.05, 3.63) is 35.8 Å². The molecule has 0 aromatic carbocycles. The fraction of sp³-hybridized carbons (Fsp3) is 0.667. The Bertz CT molecular complexity index is 480. The maximum absolute atomic E-state index is 11.6. The SMILES string of the molecule is CCCCCCCCCC(C)CN(O)C=C1C=CC(=O)C(OCC)=C1. The van der Waals surface area contributed by atoms with E-state index in [1.54, 1.807) is 18.4 Å². The first kappa shape index (κ1) is 21.5. The van der Waals surface area contributed by atoms with Gasteiger partial charge < -0.3 is 4.74 Å². The number of carbonyl (C=O) groups is 1. The number of rotatable bonds is 13. The Kier molecular flexibility index (Phi) is 11.0. The highest BCUT2D eigenvalue weighted by atomic mass is 16.5.